The van der Waals surface area contributed by atoms with Crippen LogP contribution in [0, 0.1) is 5.82 Å². The molecule has 1 fully saturated rings. The Morgan fingerprint density at radius 3 is 2.57 bits per heavy atom. The molecule has 1 N–H and O–H groups in total. The fraction of sp³-hybridized carbons (Fsp3) is 0.321. The van der Waals surface area contributed by atoms with E-state index in [1.807, 2.05) is 30.3 Å². The van der Waals surface area contributed by atoms with E-state index < -0.39 is 11.9 Å². The quantitative estimate of drug-likeness (QED) is 0.392. The van der Waals surface area contributed by atoms with Crippen LogP contribution in [0.1, 0.15) is 49.3 Å². The van der Waals surface area contributed by atoms with Gasteiger partial charge in [-0.2, -0.15) is 0 Å². The van der Waals surface area contributed by atoms with Gasteiger partial charge in [0.25, 0.3) is 0 Å². The van der Waals surface area contributed by atoms with Gasteiger partial charge in [-0.3, -0.25) is 14.6 Å². The summed E-state index contributed by atoms with van der Waals surface area (Å²) >= 11 is 0. The van der Waals surface area contributed by atoms with Crippen LogP contribution in [0.25, 0.3) is 11.0 Å². The highest BCUT2D eigenvalue weighted by Crippen LogP contribution is 2.26. The zero-order valence-corrected chi connectivity index (χ0v) is 20.5. The third-order valence-corrected chi connectivity index (χ3v) is 6.80. The van der Waals surface area contributed by atoms with E-state index in [1.54, 1.807) is 30.6 Å². The minimum absolute atomic E-state index is 0.0544. The molecule has 1 atom stereocenters. The summed E-state index contributed by atoms with van der Waals surface area (Å²) in [6, 6.07) is 15.9. The van der Waals surface area contributed by atoms with Crippen LogP contribution in [-0.4, -0.2) is 42.7 Å². The molecule has 0 bridgehead atoms. The van der Waals surface area contributed by atoms with Crippen molar-refractivity contribution < 1.29 is 14.0 Å². The summed E-state index contributed by atoms with van der Waals surface area (Å²) in [4.78, 5) is 33.4. The number of fused-ring (bicyclic) bond motifs is 1. The number of hydrogen-bond acceptors (Lipinski definition) is 5. The molecule has 190 valence electrons. The van der Waals surface area contributed by atoms with E-state index in [-0.39, 0.29) is 30.9 Å². The fourth-order valence-corrected chi connectivity index (χ4v) is 4.91. The number of para-hydroxylation sites is 1. The molecule has 37 heavy (non-hydrogen) atoms. The van der Waals surface area contributed by atoms with Crippen molar-refractivity contribution in [1.29, 1.82) is 0 Å². The predicted molar refractivity (Wildman–Crippen MR) is 136 cm³/mol. The molecule has 2 heterocycles. The maximum atomic E-state index is 13.9. The van der Waals surface area contributed by atoms with Gasteiger partial charge >= 0.3 is 0 Å². The third-order valence-electron chi connectivity index (χ3n) is 6.80. The summed E-state index contributed by atoms with van der Waals surface area (Å²) in [7, 11) is 0. The Balaban J connectivity index is 1.50. The lowest BCUT2D eigenvalue weighted by molar-refractivity contribution is -0.142. The average molecular weight is 501 g/mol. The smallest absolute Gasteiger partial charge is 0.247 e. The molecule has 2 amide bonds. The van der Waals surface area contributed by atoms with Crippen LogP contribution in [0.2, 0.25) is 0 Å². The molecule has 0 radical (unpaired) electrons. The molecule has 1 aliphatic rings. The number of aromatic nitrogens is 4. The number of pyridine rings is 1. The lowest BCUT2D eigenvalue weighted by atomic mass is 9.94. The van der Waals surface area contributed by atoms with E-state index in [2.05, 4.69) is 20.6 Å². The Morgan fingerprint density at radius 1 is 1.03 bits per heavy atom. The molecule has 1 aliphatic carbocycles. The standard InChI is InChI=1S/C28H29FN6O2/c29-22-14-12-21(13-15-22)27(28(37)31-23-8-2-1-3-9-23)34(18-20-7-6-16-30-17-20)26(36)19-35-25-11-5-4-10-24(25)32-33-35/h4-7,10-17,23,27H,1-3,8-9,18-19H2,(H,31,37)/t27-/m0/s1. The molecule has 2 aromatic heterocycles. The van der Waals surface area contributed by atoms with Crippen LogP contribution in [0.5, 0.6) is 0 Å². The highest BCUT2D eigenvalue weighted by atomic mass is 19.1. The van der Waals surface area contributed by atoms with Crippen molar-refractivity contribution in [2.24, 2.45) is 0 Å². The topological polar surface area (TPSA) is 93.0 Å². The van der Waals surface area contributed by atoms with E-state index in [0.717, 1.165) is 43.2 Å². The Labute approximate surface area is 214 Å². The second-order valence-electron chi connectivity index (χ2n) is 9.42. The lowest BCUT2D eigenvalue weighted by Gasteiger charge is -2.33. The maximum absolute atomic E-state index is 13.9. The van der Waals surface area contributed by atoms with E-state index in [1.165, 1.54) is 21.7 Å². The van der Waals surface area contributed by atoms with Gasteiger partial charge in [0.15, 0.2) is 0 Å². The van der Waals surface area contributed by atoms with E-state index in [0.29, 0.717) is 11.1 Å². The van der Waals surface area contributed by atoms with Crippen molar-refractivity contribution in [3.05, 3.63) is 90.0 Å². The highest BCUT2D eigenvalue weighted by Gasteiger charge is 2.33. The lowest BCUT2D eigenvalue weighted by Crippen LogP contribution is -2.47. The van der Waals surface area contributed by atoms with Crippen LogP contribution < -0.4 is 5.32 Å². The minimum atomic E-state index is -0.954. The van der Waals surface area contributed by atoms with Gasteiger partial charge < -0.3 is 10.2 Å². The van der Waals surface area contributed by atoms with Crippen LogP contribution in [0.3, 0.4) is 0 Å². The minimum Gasteiger partial charge on any atom is -0.351 e. The predicted octanol–water partition coefficient (Wildman–Crippen LogP) is 4.18. The van der Waals surface area contributed by atoms with Crippen molar-refractivity contribution in [3.8, 4) is 0 Å². The summed E-state index contributed by atoms with van der Waals surface area (Å²) in [5.74, 6) is -0.999. The first-order valence-corrected chi connectivity index (χ1v) is 12.6. The molecule has 8 nitrogen and oxygen atoms in total. The molecule has 4 aromatic rings. The normalized spacial score (nSPS) is 14.8. The number of nitrogens with zero attached hydrogens (tertiary/aromatic N) is 5. The number of benzene rings is 2. The summed E-state index contributed by atoms with van der Waals surface area (Å²) < 4.78 is 15.4. The van der Waals surface area contributed by atoms with Gasteiger partial charge in [-0.25, -0.2) is 9.07 Å². The maximum Gasteiger partial charge on any atom is 0.247 e. The number of nitrogens with one attached hydrogen (secondary N) is 1. The number of amides is 2. The average Bonchev–Trinajstić information content (AvgIpc) is 3.33. The molecule has 0 spiro atoms. The Bertz CT molecular complexity index is 1350. The van der Waals surface area contributed by atoms with Gasteiger partial charge in [0, 0.05) is 25.0 Å². The van der Waals surface area contributed by atoms with Crippen LogP contribution in [0.15, 0.2) is 73.1 Å². The second kappa shape index (κ2) is 11.3. The number of carbonyl (C=O) groups is 2. The number of halogens is 1. The molecule has 1 saturated carbocycles. The third kappa shape index (κ3) is 5.82. The van der Waals surface area contributed by atoms with E-state index in [4.69, 9.17) is 0 Å². The second-order valence-corrected chi connectivity index (χ2v) is 9.42. The van der Waals surface area contributed by atoms with Crippen molar-refractivity contribution in [1.82, 2.24) is 30.2 Å². The first-order valence-electron chi connectivity index (χ1n) is 12.6. The SMILES string of the molecule is O=C(NC1CCCCC1)[C@H](c1ccc(F)cc1)N(Cc1cccnc1)C(=O)Cn1nnc2ccccc21. The molecule has 2 aromatic carbocycles. The zero-order chi connectivity index (χ0) is 25.6. The van der Waals surface area contributed by atoms with Gasteiger partial charge in [-0.1, -0.05) is 54.8 Å². The van der Waals surface area contributed by atoms with Gasteiger partial charge in [0.2, 0.25) is 11.8 Å². The monoisotopic (exact) mass is 500 g/mol. The van der Waals surface area contributed by atoms with Crippen LogP contribution in [0.4, 0.5) is 4.39 Å². The molecule has 9 heteroatoms. The van der Waals surface area contributed by atoms with Crippen molar-refractivity contribution in [2.75, 3.05) is 0 Å². The summed E-state index contributed by atoms with van der Waals surface area (Å²) in [6.45, 7) is 0.0502. The Hall–Kier alpha value is -4.14. The summed E-state index contributed by atoms with van der Waals surface area (Å²) in [5.41, 5.74) is 2.72. The number of carbonyl (C=O) groups excluding carboxylic acids is 2. The number of rotatable bonds is 8. The highest BCUT2D eigenvalue weighted by molar-refractivity contribution is 5.89. The molecular formula is C28H29FN6O2. The van der Waals surface area contributed by atoms with Crippen LogP contribution in [-0.2, 0) is 22.7 Å². The Kier molecular flexibility index (Phi) is 7.49. The number of hydrogen-bond donors (Lipinski definition) is 1. The van der Waals surface area contributed by atoms with Crippen molar-refractivity contribution in [3.63, 3.8) is 0 Å². The van der Waals surface area contributed by atoms with Gasteiger partial charge in [-0.05, 0) is 54.3 Å². The first kappa shape index (κ1) is 24.5. The van der Waals surface area contributed by atoms with Gasteiger partial charge in [-0.15, -0.1) is 5.10 Å². The summed E-state index contributed by atoms with van der Waals surface area (Å²) in [5, 5.41) is 11.5. The fourth-order valence-electron chi connectivity index (χ4n) is 4.91. The molecule has 0 aliphatic heterocycles. The Morgan fingerprint density at radius 2 is 1.81 bits per heavy atom. The van der Waals surface area contributed by atoms with E-state index in [9.17, 15) is 14.0 Å². The molecule has 5 rings (SSSR count). The largest absolute Gasteiger partial charge is 0.351 e. The first-order chi connectivity index (χ1) is 18.1. The van der Waals surface area contributed by atoms with Gasteiger partial charge in [0.1, 0.15) is 23.9 Å². The van der Waals surface area contributed by atoms with Crippen LogP contribution >= 0.6 is 0 Å². The van der Waals surface area contributed by atoms with Gasteiger partial charge in [0.05, 0.1) is 5.52 Å². The summed E-state index contributed by atoms with van der Waals surface area (Å²) in [6.07, 6.45) is 8.42. The van der Waals surface area contributed by atoms with Crippen molar-refractivity contribution in [2.45, 2.75) is 57.3 Å². The molecule has 0 saturated heterocycles. The van der Waals surface area contributed by atoms with E-state index >= 15 is 0 Å². The molecular weight excluding hydrogens is 471 g/mol. The van der Waals surface area contributed by atoms with Crippen molar-refractivity contribution >= 4 is 22.8 Å². The molecule has 0 unspecified atom stereocenters. The zero-order valence-electron chi connectivity index (χ0n) is 20.5.